The van der Waals surface area contributed by atoms with Gasteiger partial charge >= 0.3 is 6.03 Å². The first-order valence-corrected chi connectivity index (χ1v) is 9.22. The van der Waals surface area contributed by atoms with E-state index in [9.17, 15) is 4.79 Å². The van der Waals surface area contributed by atoms with Crippen molar-refractivity contribution in [3.63, 3.8) is 0 Å². The topological polar surface area (TPSA) is 53.6 Å². The number of amides is 2. The van der Waals surface area contributed by atoms with Gasteiger partial charge in [0.25, 0.3) is 0 Å². The molecule has 1 aliphatic heterocycles. The molecule has 1 heterocycles. The third-order valence-corrected chi connectivity index (χ3v) is 4.73. The van der Waals surface area contributed by atoms with Crippen LogP contribution in [-0.2, 0) is 13.1 Å². The zero-order chi connectivity index (χ0) is 18.2. The third-order valence-electron chi connectivity index (χ3n) is 4.73. The minimum absolute atomic E-state index is 0.217. The Hall–Kier alpha value is -2.53. The Kier molecular flexibility index (Phi) is 6.50. The molecule has 1 fully saturated rings. The number of carbonyl (C=O) groups is 1. The second-order valence-electron chi connectivity index (χ2n) is 6.65. The Morgan fingerprint density at radius 1 is 1.04 bits per heavy atom. The molecular weight excluding hydrogens is 326 g/mol. The molecule has 0 radical (unpaired) electrons. The summed E-state index contributed by atoms with van der Waals surface area (Å²) in [4.78, 5) is 14.7. The van der Waals surface area contributed by atoms with E-state index in [2.05, 4.69) is 33.7 Å². The van der Waals surface area contributed by atoms with E-state index in [0.29, 0.717) is 12.2 Å². The fourth-order valence-corrected chi connectivity index (χ4v) is 3.29. The number of ether oxygens (including phenoxy) is 1. The number of anilines is 1. The van der Waals surface area contributed by atoms with Crippen LogP contribution >= 0.6 is 0 Å². The number of likely N-dealkylation sites (tertiary alicyclic amines) is 1. The number of benzene rings is 2. The number of carbonyl (C=O) groups excluding carboxylic acids is 1. The highest BCUT2D eigenvalue weighted by Gasteiger charge is 2.12. The molecule has 0 bridgehead atoms. The van der Waals surface area contributed by atoms with Crippen LogP contribution in [-0.4, -0.2) is 31.1 Å². The molecule has 5 nitrogen and oxygen atoms in total. The standard InChI is InChI=1S/C21H27N3O2/c1-26-20-11-7-10-19(14-20)23-21(25)22-15-17-8-3-4-9-18(17)16-24-12-5-2-6-13-24/h3-4,7-11,14H,2,5-6,12-13,15-16H2,1H3,(H2,22,23,25). The summed E-state index contributed by atoms with van der Waals surface area (Å²) in [6, 6.07) is 15.5. The average Bonchev–Trinajstić information content (AvgIpc) is 2.68. The lowest BCUT2D eigenvalue weighted by molar-refractivity contribution is 0.220. The molecule has 1 saturated heterocycles. The molecule has 3 rings (SSSR count). The lowest BCUT2D eigenvalue weighted by Crippen LogP contribution is -2.31. The Labute approximate surface area is 155 Å². The molecule has 0 aliphatic carbocycles. The van der Waals surface area contributed by atoms with E-state index in [1.54, 1.807) is 13.2 Å². The Morgan fingerprint density at radius 2 is 1.81 bits per heavy atom. The van der Waals surface area contributed by atoms with Crippen LogP contribution in [0, 0.1) is 0 Å². The van der Waals surface area contributed by atoms with Gasteiger partial charge in [0, 0.05) is 24.8 Å². The van der Waals surface area contributed by atoms with E-state index in [4.69, 9.17) is 4.74 Å². The zero-order valence-corrected chi connectivity index (χ0v) is 15.3. The minimum Gasteiger partial charge on any atom is -0.497 e. The number of rotatable bonds is 6. The summed E-state index contributed by atoms with van der Waals surface area (Å²) in [6.45, 7) is 3.80. The lowest BCUT2D eigenvalue weighted by Gasteiger charge is -2.27. The van der Waals surface area contributed by atoms with E-state index >= 15 is 0 Å². The molecule has 1 aliphatic rings. The van der Waals surface area contributed by atoms with Gasteiger partial charge in [0.15, 0.2) is 0 Å². The van der Waals surface area contributed by atoms with Crippen molar-refractivity contribution in [1.29, 1.82) is 0 Å². The van der Waals surface area contributed by atoms with Crippen molar-refractivity contribution in [2.24, 2.45) is 0 Å². The molecule has 0 unspecified atom stereocenters. The van der Waals surface area contributed by atoms with Crippen molar-refractivity contribution >= 4 is 11.7 Å². The summed E-state index contributed by atoms with van der Waals surface area (Å²) in [6.07, 6.45) is 3.90. The van der Waals surface area contributed by atoms with Gasteiger partial charge in [-0.25, -0.2) is 4.79 Å². The highest BCUT2D eigenvalue weighted by Crippen LogP contribution is 2.18. The SMILES string of the molecule is COc1cccc(NC(=O)NCc2ccccc2CN2CCCCC2)c1. The van der Waals surface area contributed by atoms with E-state index in [-0.39, 0.29) is 6.03 Å². The minimum atomic E-state index is -0.217. The Bertz CT molecular complexity index is 727. The van der Waals surface area contributed by atoms with Crippen molar-refractivity contribution in [2.45, 2.75) is 32.4 Å². The van der Waals surface area contributed by atoms with E-state index in [1.807, 2.05) is 24.3 Å². The van der Waals surface area contributed by atoms with Gasteiger partial charge in [-0.05, 0) is 49.2 Å². The highest BCUT2D eigenvalue weighted by atomic mass is 16.5. The van der Waals surface area contributed by atoms with Gasteiger partial charge in [-0.3, -0.25) is 4.90 Å². The first kappa shape index (κ1) is 18.3. The van der Waals surface area contributed by atoms with Gasteiger partial charge in [0.05, 0.1) is 7.11 Å². The Morgan fingerprint density at radius 3 is 2.58 bits per heavy atom. The number of urea groups is 1. The average molecular weight is 353 g/mol. The van der Waals surface area contributed by atoms with Crippen LogP contribution in [0.1, 0.15) is 30.4 Å². The number of hydrogen-bond donors (Lipinski definition) is 2. The number of piperidine rings is 1. The molecule has 0 saturated carbocycles. The molecule has 2 aromatic carbocycles. The fourth-order valence-electron chi connectivity index (χ4n) is 3.29. The predicted octanol–water partition coefficient (Wildman–Crippen LogP) is 4.00. The number of methoxy groups -OCH3 is 1. The summed E-state index contributed by atoms with van der Waals surface area (Å²) < 4.78 is 5.18. The summed E-state index contributed by atoms with van der Waals surface area (Å²) in [7, 11) is 1.61. The van der Waals surface area contributed by atoms with Crippen LogP contribution in [0.15, 0.2) is 48.5 Å². The molecule has 0 spiro atoms. The normalized spacial score (nSPS) is 14.7. The third kappa shape index (κ3) is 5.23. The van der Waals surface area contributed by atoms with Crippen LogP contribution in [0.4, 0.5) is 10.5 Å². The molecule has 0 aromatic heterocycles. The second kappa shape index (κ2) is 9.25. The maximum Gasteiger partial charge on any atom is 0.319 e. The zero-order valence-electron chi connectivity index (χ0n) is 15.3. The lowest BCUT2D eigenvalue weighted by atomic mass is 10.0. The summed E-state index contributed by atoms with van der Waals surface area (Å²) in [5, 5.41) is 5.80. The summed E-state index contributed by atoms with van der Waals surface area (Å²) in [5.74, 6) is 0.717. The number of nitrogens with zero attached hydrogens (tertiary/aromatic N) is 1. The molecular formula is C21H27N3O2. The van der Waals surface area contributed by atoms with Crippen molar-refractivity contribution in [3.05, 3.63) is 59.7 Å². The largest absolute Gasteiger partial charge is 0.497 e. The molecule has 26 heavy (non-hydrogen) atoms. The van der Waals surface area contributed by atoms with Gasteiger partial charge in [-0.15, -0.1) is 0 Å². The summed E-state index contributed by atoms with van der Waals surface area (Å²) >= 11 is 0. The fraction of sp³-hybridized carbons (Fsp3) is 0.381. The monoisotopic (exact) mass is 353 g/mol. The Balaban J connectivity index is 1.56. The van der Waals surface area contributed by atoms with Crippen molar-refractivity contribution in [3.8, 4) is 5.75 Å². The van der Waals surface area contributed by atoms with Crippen molar-refractivity contribution in [1.82, 2.24) is 10.2 Å². The van der Waals surface area contributed by atoms with Crippen LogP contribution in [0.3, 0.4) is 0 Å². The van der Waals surface area contributed by atoms with Gasteiger partial charge in [-0.1, -0.05) is 36.8 Å². The smallest absolute Gasteiger partial charge is 0.319 e. The number of hydrogen-bond acceptors (Lipinski definition) is 3. The van der Waals surface area contributed by atoms with E-state index in [0.717, 1.165) is 25.4 Å². The molecule has 138 valence electrons. The van der Waals surface area contributed by atoms with Gasteiger partial charge in [0.2, 0.25) is 0 Å². The van der Waals surface area contributed by atoms with Crippen molar-refractivity contribution in [2.75, 3.05) is 25.5 Å². The first-order chi connectivity index (χ1) is 12.7. The van der Waals surface area contributed by atoms with Crippen LogP contribution in [0.5, 0.6) is 5.75 Å². The molecule has 2 amide bonds. The van der Waals surface area contributed by atoms with Crippen LogP contribution in [0.2, 0.25) is 0 Å². The van der Waals surface area contributed by atoms with Gasteiger partial charge in [0.1, 0.15) is 5.75 Å². The van der Waals surface area contributed by atoms with Gasteiger partial charge < -0.3 is 15.4 Å². The van der Waals surface area contributed by atoms with E-state index < -0.39 is 0 Å². The first-order valence-electron chi connectivity index (χ1n) is 9.22. The predicted molar refractivity (Wildman–Crippen MR) is 104 cm³/mol. The maximum atomic E-state index is 12.2. The molecule has 0 atom stereocenters. The molecule has 2 N–H and O–H groups in total. The van der Waals surface area contributed by atoms with Crippen LogP contribution < -0.4 is 15.4 Å². The quantitative estimate of drug-likeness (QED) is 0.825. The highest BCUT2D eigenvalue weighted by molar-refractivity contribution is 5.89. The van der Waals surface area contributed by atoms with Gasteiger partial charge in [-0.2, -0.15) is 0 Å². The molecule has 2 aromatic rings. The van der Waals surface area contributed by atoms with Crippen molar-refractivity contribution < 1.29 is 9.53 Å². The summed E-state index contributed by atoms with van der Waals surface area (Å²) in [5.41, 5.74) is 3.17. The molecule has 5 heteroatoms. The van der Waals surface area contributed by atoms with E-state index in [1.165, 1.54) is 30.4 Å². The van der Waals surface area contributed by atoms with Crippen LogP contribution in [0.25, 0.3) is 0 Å². The second-order valence-corrected chi connectivity index (χ2v) is 6.65. The maximum absolute atomic E-state index is 12.2. The number of nitrogens with one attached hydrogen (secondary N) is 2.